The zero-order valence-corrected chi connectivity index (χ0v) is 10.5. The Labute approximate surface area is 98.6 Å². The van der Waals surface area contributed by atoms with E-state index in [1.807, 2.05) is 0 Å². The Kier molecular flexibility index (Phi) is 3.05. The summed E-state index contributed by atoms with van der Waals surface area (Å²) in [5.74, 6) is 0.608. The van der Waals surface area contributed by atoms with Gasteiger partial charge in [0.1, 0.15) is 6.29 Å². The van der Waals surface area contributed by atoms with Gasteiger partial charge in [-0.05, 0) is 62.4 Å². The van der Waals surface area contributed by atoms with Gasteiger partial charge in [-0.2, -0.15) is 0 Å². The van der Waals surface area contributed by atoms with Gasteiger partial charge >= 0.3 is 0 Å². The van der Waals surface area contributed by atoms with Crippen LogP contribution in [0.5, 0.6) is 0 Å². The topological polar surface area (TPSA) is 17.1 Å². The van der Waals surface area contributed by atoms with E-state index in [1.165, 1.54) is 36.8 Å². The molecule has 0 N–H and O–H groups in total. The molecule has 0 heterocycles. The second-order valence-corrected chi connectivity index (χ2v) is 5.82. The van der Waals surface area contributed by atoms with Crippen LogP contribution in [0.1, 0.15) is 52.4 Å². The van der Waals surface area contributed by atoms with Gasteiger partial charge < -0.3 is 0 Å². The third kappa shape index (κ3) is 1.88. The molecule has 1 nitrogen and oxygen atoms in total. The van der Waals surface area contributed by atoms with Gasteiger partial charge in [-0.3, -0.25) is 4.79 Å². The molecule has 0 spiro atoms. The van der Waals surface area contributed by atoms with Crippen molar-refractivity contribution in [2.75, 3.05) is 0 Å². The monoisotopic (exact) mass is 218 g/mol. The van der Waals surface area contributed by atoms with E-state index in [2.05, 4.69) is 20.4 Å². The largest absolute Gasteiger partial charge is 0.298 e. The number of hydrogen-bond donors (Lipinski definition) is 0. The van der Waals surface area contributed by atoms with E-state index in [0.29, 0.717) is 11.3 Å². The molecule has 0 saturated heterocycles. The second-order valence-electron chi connectivity index (χ2n) is 5.82. The lowest BCUT2D eigenvalue weighted by molar-refractivity contribution is -0.105. The lowest BCUT2D eigenvalue weighted by Gasteiger charge is -2.44. The molecule has 2 aliphatic rings. The fraction of sp³-hybridized carbons (Fsp3) is 0.667. The van der Waals surface area contributed by atoms with Crippen LogP contribution >= 0.6 is 0 Å². The van der Waals surface area contributed by atoms with Gasteiger partial charge in [-0.1, -0.05) is 24.6 Å². The summed E-state index contributed by atoms with van der Waals surface area (Å²) in [6, 6.07) is 0. The van der Waals surface area contributed by atoms with Crippen molar-refractivity contribution in [2.24, 2.45) is 11.3 Å². The van der Waals surface area contributed by atoms with Gasteiger partial charge in [-0.15, -0.1) is 0 Å². The van der Waals surface area contributed by atoms with Crippen molar-refractivity contribution >= 4 is 6.29 Å². The minimum Gasteiger partial charge on any atom is -0.298 e. The molecule has 0 aromatic carbocycles. The van der Waals surface area contributed by atoms with E-state index in [0.717, 1.165) is 24.7 Å². The first-order valence-electron chi connectivity index (χ1n) is 6.40. The normalized spacial score (nSPS) is 34.5. The predicted molar refractivity (Wildman–Crippen MR) is 67.2 cm³/mol. The van der Waals surface area contributed by atoms with E-state index in [4.69, 9.17) is 0 Å². The molecule has 0 aliphatic heterocycles. The van der Waals surface area contributed by atoms with Crippen LogP contribution in [0.25, 0.3) is 0 Å². The van der Waals surface area contributed by atoms with Crippen molar-refractivity contribution in [1.29, 1.82) is 0 Å². The maximum Gasteiger partial charge on any atom is 0.145 e. The quantitative estimate of drug-likeness (QED) is 0.505. The van der Waals surface area contributed by atoms with Gasteiger partial charge in [0.05, 0.1) is 0 Å². The molecule has 2 atom stereocenters. The van der Waals surface area contributed by atoms with Gasteiger partial charge in [0.15, 0.2) is 0 Å². The van der Waals surface area contributed by atoms with Crippen molar-refractivity contribution in [1.82, 2.24) is 0 Å². The molecule has 0 bridgehead atoms. The minimum atomic E-state index is 0.320. The number of rotatable bonds is 2. The first kappa shape index (κ1) is 11.6. The van der Waals surface area contributed by atoms with Crippen LogP contribution in [0, 0.1) is 11.3 Å². The van der Waals surface area contributed by atoms with Crippen LogP contribution in [0.2, 0.25) is 0 Å². The van der Waals surface area contributed by atoms with Crippen molar-refractivity contribution in [3.05, 3.63) is 23.3 Å². The average molecular weight is 218 g/mol. The number of allylic oxidation sites excluding steroid dienone is 3. The lowest BCUT2D eigenvalue weighted by atomic mass is 9.61. The number of hydrogen-bond acceptors (Lipinski definition) is 1. The highest BCUT2D eigenvalue weighted by molar-refractivity contribution is 5.75. The fourth-order valence-corrected chi connectivity index (χ4v) is 3.40. The number of carbonyl (C=O) groups is 1. The summed E-state index contributed by atoms with van der Waals surface area (Å²) in [4.78, 5) is 11.2. The zero-order chi connectivity index (χ0) is 11.8. The molecule has 0 unspecified atom stereocenters. The van der Waals surface area contributed by atoms with Crippen molar-refractivity contribution in [2.45, 2.75) is 52.4 Å². The summed E-state index contributed by atoms with van der Waals surface area (Å²) in [6.07, 6.45) is 8.12. The number of aldehydes is 1. The molecule has 1 fully saturated rings. The predicted octanol–water partition coefficient (Wildman–Crippen LogP) is 4.05. The molecule has 0 aromatic heterocycles. The standard InChI is InChI=1S/C15H22O/c1-11(2)12-6-8-15(3)7-4-5-13(10-16)14(15)9-12/h10,12H,1,4-9H2,2-3H3/t12-,15-/m1/s1. The molecule has 1 saturated carbocycles. The van der Waals surface area contributed by atoms with Crippen LogP contribution in [-0.4, -0.2) is 6.29 Å². The van der Waals surface area contributed by atoms with Crippen molar-refractivity contribution in [3.63, 3.8) is 0 Å². The molecule has 16 heavy (non-hydrogen) atoms. The van der Waals surface area contributed by atoms with Gasteiger partial charge in [0, 0.05) is 0 Å². The third-order valence-electron chi connectivity index (χ3n) is 4.63. The summed E-state index contributed by atoms with van der Waals surface area (Å²) in [6.45, 7) is 8.55. The third-order valence-corrected chi connectivity index (χ3v) is 4.63. The molecular weight excluding hydrogens is 196 g/mol. The summed E-state index contributed by atoms with van der Waals surface area (Å²) >= 11 is 0. The summed E-state index contributed by atoms with van der Waals surface area (Å²) in [5, 5.41) is 0. The van der Waals surface area contributed by atoms with Gasteiger partial charge in [0.25, 0.3) is 0 Å². The average Bonchev–Trinajstić information content (AvgIpc) is 2.26. The molecule has 2 rings (SSSR count). The van der Waals surface area contributed by atoms with Gasteiger partial charge in [-0.25, -0.2) is 0 Å². The van der Waals surface area contributed by atoms with Crippen LogP contribution in [0.15, 0.2) is 23.3 Å². The molecular formula is C15H22O. The second kappa shape index (κ2) is 4.20. The van der Waals surface area contributed by atoms with Gasteiger partial charge in [0.2, 0.25) is 0 Å². The fourth-order valence-electron chi connectivity index (χ4n) is 3.40. The van der Waals surface area contributed by atoms with Crippen LogP contribution in [0.3, 0.4) is 0 Å². The Morgan fingerprint density at radius 1 is 1.50 bits per heavy atom. The highest BCUT2D eigenvalue weighted by Crippen LogP contribution is 2.51. The maximum atomic E-state index is 11.2. The Morgan fingerprint density at radius 3 is 2.88 bits per heavy atom. The van der Waals surface area contributed by atoms with Crippen molar-refractivity contribution in [3.8, 4) is 0 Å². The van der Waals surface area contributed by atoms with E-state index in [9.17, 15) is 4.79 Å². The molecule has 0 radical (unpaired) electrons. The summed E-state index contributed by atoms with van der Waals surface area (Å²) in [7, 11) is 0. The number of fused-ring (bicyclic) bond motifs is 1. The summed E-state index contributed by atoms with van der Waals surface area (Å²) in [5.41, 5.74) is 4.15. The van der Waals surface area contributed by atoms with Crippen molar-refractivity contribution < 1.29 is 4.79 Å². The highest BCUT2D eigenvalue weighted by Gasteiger charge is 2.38. The maximum absolute atomic E-state index is 11.2. The SMILES string of the molecule is C=C(C)[C@@H]1CC[C@@]2(C)CCCC(C=O)=C2C1. The van der Waals surface area contributed by atoms with E-state index in [-0.39, 0.29) is 0 Å². The Hall–Kier alpha value is -0.850. The first-order valence-corrected chi connectivity index (χ1v) is 6.40. The zero-order valence-electron chi connectivity index (χ0n) is 10.5. The molecule has 2 aliphatic carbocycles. The van der Waals surface area contributed by atoms with Crippen LogP contribution < -0.4 is 0 Å². The Bertz CT molecular complexity index is 350. The minimum absolute atomic E-state index is 0.320. The van der Waals surface area contributed by atoms with E-state index < -0.39 is 0 Å². The van der Waals surface area contributed by atoms with E-state index >= 15 is 0 Å². The lowest BCUT2D eigenvalue weighted by Crippen LogP contribution is -2.31. The van der Waals surface area contributed by atoms with E-state index in [1.54, 1.807) is 0 Å². The first-order chi connectivity index (χ1) is 7.57. The Balaban J connectivity index is 2.32. The van der Waals surface area contributed by atoms with Crippen LogP contribution in [0.4, 0.5) is 0 Å². The molecule has 0 amide bonds. The molecule has 0 aromatic rings. The molecule has 88 valence electrons. The smallest absolute Gasteiger partial charge is 0.145 e. The Morgan fingerprint density at radius 2 is 2.25 bits per heavy atom. The summed E-state index contributed by atoms with van der Waals surface area (Å²) < 4.78 is 0. The molecule has 1 heteroatoms. The number of carbonyl (C=O) groups excluding carboxylic acids is 1. The van der Waals surface area contributed by atoms with Crippen LogP contribution in [-0.2, 0) is 4.79 Å². The highest BCUT2D eigenvalue weighted by atomic mass is 16.1.